The fraction of sp³-hybridized carbons (Fsp3) is 1.00. The first-order valence-corrected chi connectivity index (χ1v) is 5.52. The molecule has 5 heteroatoms. The van der Waals surface area contributed by atoms with Crippen molar-refractivity contribution in [1.29, 1.82) is 0 Å². The molecule has 0 saturated carbocycles. The predicted octanol–water partition coefficient (Wildman–Crippen LogP) is 0.135. The van der Waals surface area contributed by atoms with Gasteiger partial charge in [0.1, 0.15) is 0 Å². The van der Waals surface area contributed by atoms with Gasteiger partial charge in [-0.3, -0.25) is 0 Å². The number of hydrogen-bond acceptors (Lipinski definition) is 2. The molecule has 0 spiro atoms. The molecule has 0 amide bonds. The fourth-order valence-electron chi connectivity index (χ4n) is 1.34. The van der Waals surface area contributed by atoms with E-state index >= 15 is 0 Å². The molecule has 1 rings (SSSR count). The Hall–Kier alpha value is -0.130. The number of rotatable bonds is 2. The molecular weight excluding hydrogens is 176 g/mol. The van der Waals surface area contributed by atoms with E-state index in [0.717, 1.165) is 6.42 Å². The van der Waals surface area contributed by atoms with Crippen LogP contribution in [0.15, 0.2) is 0 Å². The van der Waals surface area contributed by atoms with E-state index in [2.05, 4.69) is 6.92 Å². The first kappa shape index (κ1) is 9.95. The summed E-state index contributed by atoms with van der Waals surface area (Å²) in [5.74, 6) is 0.500. The SMILES string of the molecule is CC1CCN(S(=O)(=O)N(C)C)C1. The Bertz CT molecular complexity index is 248. The first-order valence-electron chi connectivity index (χ1n) is 4.12. The monoisotopic (exact) mass is 192 g/mol. The second-order valence-corrected chi connectivity index (χ2v) is 5.68. The van der Waals surface area contributed by atoms with Crippen LogP contribution in [0.2, 0.25) is 0 Å². The molecule has 0 N–H and O–H groups in total. The van der Waals surface area contributed by atoms with Gasteiger partial charge in [0, 0.05) is 27.2 Å². The van der Waals surface area contributed by atoms with Gasteiger partial charge < -0.3 is 0 Å². The predicted molar refractivity (Wildman–Crippen MR) is 48.0 cm³/mol. The van der Waals surface area contributed by atoms with Crippen LogP contribution in [0.25, 0.3) is 0 Å². The Kier molecular flexibility index (Phi) is 2.75. The molecule has 1 aliphatic heterocycles. The fourth-order valence-corrected chi connectivity index (χ4v) is 2.58. The van der Waals surface area contributed by atoms with Gasteiger partial charge in [-0.1, -0.05) is 6.92 Å². The second kappa shape index (κ2) is 3.32. The van der Waals surface area contributed by atoms with Crippen LogP contribution in [0.5, 0.6) is 0 Å². The molecule has 1 unspecified atom stereocenters. The lowest BCUT2D eigenvalue weighted by atomic mass is 10.2. The van der Waals surface area contributed by atoms with Crippen molar-refractivity contribution >= 4 is 10.2 Å². The van der Waals surface area contributed by atoms with Crippen molar-refractivity contribution in [1.82, 2.24) is 8.61 Å². The van der Waals surface area contributed by atoms with Crippen LogP contribution in [-0.2, 0) is 10.2 Å². The Morgan fingerprint density at radius 2 is 2.00 bits per heavy atom. The third-order valence-corrected chi connectivity index (χ3v) is 4.08. The topological polar surface area (TPSA) is 40.6 Å². The minimum absolute atomic E-state index is 0.500. The molecule has 0 aliphatic carbocycles. The highest BCUT2D eigenvalue weighted by molar-refractivity contribution is 7.86. The molecule has 1 aliphatic rings. The zero-order valence-corrected chi connectivity index (χ0v) is 8.63. The first-order chi connectivity index (χ1) is 5.44. The zero-order valence-electron chi connectivity index (χ0n) is 7.82. The van der Waals surface area contributed by atoms with Crippen molar-refractivity contribution < 1.29 is 8.42 Å². The minimum atomic E-state index is -3.14. The Labute approximate surface area is 74.3 Å². The molecule has 1 atom stereocenters. The van der Waals surface area contributed by atoms with Crippen LogP contribution in [-0.4, -0.2) is 44.2 Å². The van der Waals surface area contributed by atoms with Crippen molar-refractivity contribution in [3.05, 3.63) is 0 Å². The Morgan fingerprint density at radius 1 is 1.42 bits per heavy atom. The highest BCUT2D eigenvalue weighted by atomic mass is 32.2. The third-order valence-electron chi connectivity index (χ3n) is 2.17. The van der Waals surface area contributed by atoms with Gasteiger partial charge in [0.15, 0.2) is 0 Å². The van der Waals surface area contributed by atoms with Gasteiger partial charge >= 0.3 is 0 Å². The van der Waals surface area contributed by atoms with Crippen LogP contribution >= 0.6 is 0 Å². The van der Waals surface area contributed by atoms with Crippen molar-refractivity contribution in [2.45, 2.75) is 13.3 Å². The summed E-state index contributed by atoms with van der Waals surface area (Å²) in [6, 6.07) is 0. The standard InChI is InChI=1S/C7H16N2O2S/c1-7-4-5-9(6-7)12(10,11)8(2)3/h7H,4-6H2,1-3H3. The molecule has 12 heavy (non-hydrogen) atoms. The number of hydrogen-bond donors (Lipinski definition) is 0. The van der Waals surface area contributed by atoms with Crippen LogP contribution in [0.1, 0.15) is 13.3 Å². The van der Waals surface area contributed by atoms with Gasteiger partial charge in [0.25, 0.3) is 10.2 Å². The maximum absolute atomic E-state index is 11.5. The second-order valence-electron chi connectivity index (χ2n) is 3.54. The maximum Gasteiger partial charge on any atom is 0.281 e. The smallest absolute Gasteiger partial charge is 0.195 e. The summed E-state index contributed by atoms with van der Waals surface area (Å²) < 4.78 is 25.9. The number of nitrogens with zero attached hydrogens (tertiary/aromatic N) is 2. The molecule has 0 aromatic rings. The van der Waals surface area contributed by atoms with E-state index in [-0.39, 0.29) is 0 Å². The molecule has 0 radical (unpaired) electrons. The van der Waals surface area contributed by atoms with Crippen LogP contribution in [0.3, 0.4) is 0 Å². The molecule has 1 heterocycles. The van der Waals surface area contributed by atoms with Gasteiger partial charge in [-0.05, 0) is 12.3 Å². The van der Waals surface area contributed by atoms with Gasteiger partial charge in [-0.2, -0.15) is 17.0 Å². The summed E-state index contributed by atoms with van der Waals surface area (Å²) in [4.78, 5) is 0. The summed E-state index contributed by atoms with van der Waals surface area (Å²) in [6.07, 6.45) is 0.979. The highest BCUT2D eigenvalue weighted by Gasteiger charge is 2.30. The van der Waals surface area contributed by atoms with Gasteiger partial charge in [0.05, 0.1) is 0 Å². The van der Waals surface area contributed by atoms with E-state index in [4.69, 9.17) is 0 Å². The van der Waals surface area contributed by atoms with E-state index < -0.39 is 10.2 Å². The quantitative estimate of drug-likeness (QED) is 0.624. The third kappa shape index (κ3) is 1.78. The van der Waals surface area contributed by atoms with E-state index in [0.29, 0.717) is 19.0 Å². The highest BCUT2D eigenvalue weighted by Crippen LogP contribution is 2.19. The summed E-state index contributed by atoms with van der Waals surface area (Å²) in [5, 5.41) is 0. The van der Waals surface area contributed by atoms with E-state index in [9.17, 15) is 8.42 Å². The van der Waals surface area contributed by atoms with Crippen molar-refractivity contribution in [3.8, 4) is 0 Å². The normalized spacial score (nSPS) is 26.8. The lowest BCUT2D eigenvalue weighted by molar-refractivity contribution is 0.414. The zero-order chi connectivity index (χ0) is 9.35. The molecule has 4 nitrogen and oxygen atoms in total. The Balaban J connectivity index is 2.71. The Morgan fingerprint density at radius 3 is 2.33 bits per heavy atom. The maximum atomic E-state index is 11.5. The van der Waals surface area contributed by atoms with Gasteiger partial charge in [0.2, 0.25) is 0 Å². The lowest BCUT2D eigenvalue weighted by Gasteiger charge is -2.20. The van der Waals surface area contributed by atoms with Crippen LogP contribution < -0.4 is 0 Å². The van der Waals surface area contributed by atoms with Crippen molar-refractivity contribution in [3.63, 3.8) is 0 Å². The lowest BCUT2D eigenvalue weighted by Crippen LogP contribution is -2.38. The molecule has 0 aromatic heterocycles. The minimum Gasteiger partial charge on any atom is -0.195 e. The van der Waals surface area contributed by atoms with E-state index in [1.165, 1.54) is 8.61 Å². The van der Waals surface area contributed by atoms with E-state index in [1.807, 2.05) is 0 Å². The molecule has 72 valence electrons. The summed E-state index contributed by atoms with van der Waals surface area (Å²) >= 11 is 0. The summed E-state index contributed by atoms with van der Waals surface area (Å²) in [7, 11) is -0.00731. The van der Waals surface area contributed by atoms with Crippen LogP contribution in [0, 0.1) is 5.92 Å². The molecule has 0 aromatic carbocycles. The van der Waals surface area contributed by atoms with Crippen LogP contribution in [0.4, 0.5) is 0 Å². The van der Waals surface area contributed by atoms with Gasteiger partial charge in [-0.25, -0.2) is 0 Å². The van der Waals surface area contributed by atoms with E-state index in [1.54, 1.807) is 14.1 Å². The van der Waals surface area contributed by atoms with Gasteiger partial charge in [-0.15, -0.1) is 0 Å². The summed E-state index contributed by atoms with van der Waals surface area (Å²) in [6.45, 7) is 3.41. The molecule has 0 bridgehead atoms. The molecule has 1 saturated heterocycles. The summed E-state index contributed by atoms with van der Waals surface area (Å²) in [5.41, 5.74) is 0. The van der Waals surface area contributed by atoms with Crippen molar-refractivity contribution in [2.75, 3.05) is 27.2 Å². The molecular formula is C7H16N2O2S. The average molecular weight is 192 g/mol. The molecule has 1 fully saturated rings. The average Bonchev–Trinajstić information content (AvgIpc) is 2.35. The van der Waals surface area contributed by atoms with Crippen molar-refractivity contribution in [2.24, 2.45) is 5.92 Å². The largest absolute Gasteiger partial charge is 0.281 e.